The van der Waals surface area contributed by atoms with Crippen LogP contribution in [-0.4, -0.2) is 29.1 Å². The van der Waals surface area contributed by atoms with Gasteiger partial charge in [0.05, 0.1) is 6.42 Å². The molecule has 0 aliphatic carbocycles. The van der Waals surface area contributed by atoms with Crippen molar-refractivity contribution in [2.75, 3.05) is 7.05 Å². The molecule has 3 heteroatoms. The number of aliphatic carboxylic acids is 1. The SMILES string of the molecule is CC(C)N(C)Cc1ccccc1CC(=O)O. The zero-order valence-electron chi connectivity index (χ0n) is 10.1. The predicted molar refractivity (Wildman–Crippen MR) is 64.4 cm³/mol. The lowest BCUT2D eigenvalue weighted by atomic mass is 10.0. The molecule has 0 unspecified atom stereocenters. The van der Waals surface area contributed by atoms with Gasteiger partial charge < -0.3 is 5.11 Å². The van der Waals surface area contributed by atoms with Gasteiger partial charge in [-0.1, -0.05) is 24.3 Å². The van der Waals surface area contributed by atoms with E-state index in [2.05, 4.69) is 18.7 Å². The first kappa shape index (κ1) is 12.7. The van der Waals surface area contributed by atoms with E-state index in [4.69, 9.17) is 5.11 Å². The molecule has 0 fully saturated rings. The minimum Gasteiger partial charge on any atom is -0.481 e. The van der Waals surface area contributed by atoms with Gasteiger partial charge in [-0.25, -0.2) is 0 Å². The van der Waals surface area contributed by atoms with Crippen LogP contribution in [0.5, 0.6) is 0 Å². The van der Waals surface area contributed by atoms with Crippen molar-refractivity contribution >= 4 is 5.97 Å². The van der Waals surface area contributed by atoms with Gasteiger partial charge in [-0.2, -0.15) is 0 Å². The highest BCUT2D eigenvalue weighted by molar-refractivity contribution is 5.70. The average molecular weight is 221 g/mol. The quantitative estimate of drug-likeness (QED) is 0.828. The second-order valence-corrected chi connectivity index (χ2v) is 4.35. The maximum absolute atomic E-state index is 10.7. The summed E-state index contributed by atoms with van der Waals surface area (Å²) >= 11 is 0. The number of carboxylic acid groups (broad SMARTS) is 1. The molecular formula is C13H19NO2. The molecule has 0 heterocycles. The number of hydrogen-bond acceptors (Lipinski definition) is 2. The first-order valence-electron chi connectivity index (χ1n) is 5.49. The number of rotatable bonds is 5. The van der Waals surface area contributed by atoms with Crippen LogP contribution in [0.4, 0.5) is 0 Å². The predicted octanol–water partition coefficient (Wildman–Crippen LogP) is 2.15. The van der Waals surface area contributed by atoms with E-state index in [0.29, 0.717) is 6.04 Å². The lowest BCUT2D eigenvalue weighted by Crippen LogP contribution is -2.26. The zero-order chi connectivity index (χ0) is 12.1. The molecule has 0 atom stereocenters. The molecule has 0 amide bonds. The molecule has 0 radical (unpaired) electrons. The lowest BCUT2D eigenvalue weighted by molar-refractivity contribution is -0.136. The standard InChI is InChI=1S/C13H19NO2/c1-10(2)14(3)9-12-7-5-4-6-11(12)8-13(15)16/h4-7,10H,8-9H2,1-3H3,(H,15,16). The van der Waals surface area contributed by atoms with E-state index in [1.165, 1.54) is 0 Å². The first-order chi connectivity index (χ1) is 7.50. The smallest absolute Gasteiger partial charge is 0.307 e. The van der Waals surface area contributed by atoms with Crippen LogP contribution in [0.1, 0.15) is 25.0 Å². The maximum Gasteiger partial charge on any atom is 0.307 e. The van der Waals surface area contributed by atoms with Gasteiger partial charge >= 0.3 is 5.97 Å². The lowest BCUT2D eigenvalue weighted by Gasteiger charge is -2.22. The highest BCUT2D eigenvalue weighted by atomic mass is 16.4. The maximum atomic E-state index is 10.7. The minimum atomic E-state index is -0.778. The molecule has 0 saturated carbocycles. The summed E-state index contributed by atoms with van der Waals surface area (Å²) in [5.74, 6) is -0.778. The van der Waals surface area contributed by atoms with Gasteiger partial charge in [0.2, 0.25) is 0 Å². The summed E-state index contributed by atoms with van der Waals surface area (Å²) in [5, 5.41) is 8.82. The van der Waals surface area contributed by atoms with Gasteiger partial charge in [-0.3, -0.25) is 9.69 Å². The van der Waals surface area contributed by atoms with Crippen LogP contribution in [0.15, 0.2) is 24.3 Å². The normalized spacial score (nSPS) is 11.1. The molecule has 0 saturated heterocycles. The van der Waals surface area contributed by atoms with E-state index in [9.17, 15) is 4.79 Å². The monoisotopic (exact) mass is 221 g/mol. The Morgan fingerprint density at radius 3 is 2.38 bits per heavy atom. The van der Waals surface area contributed by atoms with Crippen molar-refractivity contribution in [3.8, 4) is 0 Å². The molecule has 0 bridgehead atoms. The van der Waals surface area contributed by atoms with Crippen molar-refractivity contribution in [2.24, 2.45) is 0 Å². The van der Waals surface area contributed by atoms with Crippen LogP contribution >= 0.6 is 0 Å². The number of hydrogen-bond donors (Lipinski definition) is 1. The fourth-order valence-corrected chi connectivity index (χ4v) is 1.50. The van der Waals surface area contributed by atoms with Crippen LogP contribution in [-0.2, 0) is 17.8 Å². The van der Waals surface area contributed by atoms with Crippen molar-refractivity contribution in [3.63, 3.8) is 0 Å². The van der Waals surface area contributed by atoms with E-state index in [1.807, 2.05) is 31.3 Å². The molecule has 3 nitrogen and oxygen atoms in total. The van der Waals surface area contributed by atoms with E-state index in [1.54, 1.807) is 0 Å². The summed E-state index contributed by atoms with van der Waals surface area (Å²) < 4.78 is 0. The third-order valence-corrected chi connectivity index (χ3v) is 2.76. The summed E-state index contributed by atoms with van der Waals surface area (Å²) in [5.41, 5.74) is 2.00. The Bertz CT molecular complexity index is 361. The second kappa shape index (κ2) is 5.66. The van der Waals surface area contributed by atoms with E-state index >= 15 is 0 Å². The third kappa shape index (κ3) is 3.66. The molecule has 0 aromatic heterocycles. The van der Waals surface area contributed by atoms with E-state index < -0.39 is 5.97 Å². The largest absolute Gasteiger partial charge is 0.481 e. The van der Waals surface area contributed by atoms with Crippen molar-refractivity contribution in [1.82, 2.24) is 4.90 Å². The topological polar surface area (TPSA) is 40.5 Å². The molecule has 1 rings (SSSR count). The molecule has 1 N–H and O–H groups in total. The van der Waals surface area contributed by atoms with Crippen molar-refractivity contribution in [3.05, 3.63) is 35.4 Å². The van der Waals surface area contributed by atoms with E-state index in [0.717, 1.165) is 17.7 Å². The Kier molecular flexibility index (Phi) is 4.50. The Labute approximate surface area is 96.7 Å². The summed E-state index contributed by atoms with van der Waals surface area (Å²) in [6, 6.07) is 8.18. The summed E-state index contributed by atoms with van der Waals surface area (Å²) in [6.45, 7) is 5.04. The van der Waals surface area contributed by atoms with Crippen molar-refractivity contribution in [1.29, 1.82) is 0 Å². The zero-order valence-corrected chi connectivity index (χ0v) is 10.1. The van der Waals surface area contributed by atoms with Gasteiger partial charge in [0.1, 0.15) is 0 Å². The fraction of sp³-hybridized carbons (Fsp3) is 0.462. The number of nitrogens with zero attached hydrogens (tertiary/aromatic N) is 1. The Hall–Kier alpha value is -1.35. The molecule has 0 aliphatic rings. The second-order valence-electron chi connectivity index (χ2n) is 4.35. The summed E-state index contributed by atoms with van der Waals surface area (Å²) in [4.78, 5) is 12.9. The average Bonchev–Trinajstić information content (AvgIpc) is 2.20. The Morgan fingerprint density at radius 1 is 1.31 bits per heavy atom. The number of benzene rings is 1. The number of carbonyl (C=O) groups is 1. The summed E-state index contributed by atoms with van der Waals surface area (Å²) in [7, 11) is 2.04. The summed E-state index contributed by atoms with van der Waals surface area (Å²) in [6.07, 6.45) is 0.0993. The van der Waals surface area contributed by atoms with Gasteiger partial charge in [-0.15, -0.1) is 0 Å². The molecule has 0 spiro atoms. The molecule has 88 valence electrons. The molecule has 16 heavy (non-hydrogen) atoms. The molecule has 1 aromatic rings. The van der Waals surface area contributed by atoms with Crippen molar-refractivity contribution in [2.45, 2.75) is 32.9 Å². The van der Waals surface area contributed by atoms with Gasteiger partial charge in [-0.05, 0) is 32.0 Å². The highest BCUT2D eigenvalue weighted by Gasteiger charge is 2.09. The Balaban J connectivity index is 2.82. The van der Waals surface area contributed by atoms with Gasteiger partial charge in [0, 0.05) is 12.6 Å². The van der Waals surface area contributed by atoms with Gasteiger partial charge in [0.25, 0.3) is 0 Å². The van der Waals surface area contributed by atoms with Crippen LogP contribution in [0, 0.1) is 0 Å². The molecule has 1 aromatic carbocycles. The van der Waals surface area contributed by atoms with Crippen molar-refractivity contribution < 1.29 is 9.90 Å². The molecular weight excluding hydrogens is 202 g/mol. The Morgan fingerprint density at radius 2 is 1.88 bits per heavy atom. The van der Waals surface area contributed by atoms with Crippen LogP contribution < -0.4 is 0 Å². The van der Waals surface area contributed by atoms with Crippen LogP contribution in [0.3, 0.4) is 0 Å². The third-order valence-electron chi connectivity index (χ3n) is 2.76. The first-order valence-corrected chi connectivity index (χ1v) is 5.49. The van der Waals surface area contributed by atoms with Gasteiger partial charge in [0.15, 0.2) is 0 Å². The highest BCUT2D eigenvalue weighted by Crippen LogP contribution is 2.13. The molecule has 0 aliphatic heterocycles. The van der Waals surface area contributed by atoms with Crippen LogP contribution in [0.25, 0.3) is 0 Å². The van der Waals surface area contributed by atoms with E-state index in [-0.39, 0.29) is 6.42 Å². The number of carboxylic acids is 1. The van der Waals surface area contributed by atoms with Crippen LogP contribution in [0.2, 0.25) is 0 Å². The minimum absolute atomic E-state index is 0.0993. The fourth-order valence-electron chi connectivity index (χ4n) is 1.50.